The zero-order chi connectivity index (χ0) is 11.5. The van der Waals surface area contributed by atoms with E-state index in [0.29, 0.717) is 29.0 Å². The van der Waals surface area contributed by atoms with Crippen LogP contribution >= 0.6 is 39.1 Å². The Balaban J connectivity index is 2.31. The van der Waals surface area contributed by atoms with Gasteiger partial charge in [-0.25, -0.2) is 4.98 Å². The van der Waals surface area contributed by atoms with Crippen molar-refractivity contribution in [3.63, 3.8) is 0 Å². The van der Waals surface area contributed by atoms with Crippen LogP contribution in [0.1, 0.15) is 5.89 Å². The van der Waals surface area contributed by atoms with E-state index in [1.54, 1.807) is 6.20 Å². The summed E-state index contributed by atoms with van der Waals surface area (Å²) in [5.74, 6) is 1.85. The van der Waals surface area contributed by atoms with Crippen molar-refractivity contribution in [3.05, 3.63) is 39.8 Å². The molecule has 0 fully saturated rings. The van der Waals surface area contributed by atoms with Crippen LogP contribution in [0.25, 0.3) is 11.3 Å². The number of aryl methyl sites for hydroxylation is 1. The lowest BCUT2D eigenvalue weighted by atomic mass is 10.2. The molecule has 16 heavy (non-hydrogen) atoms. The summed E-state index contributed by atoms with van der Waals surface area (Å²) in [5.41, 5.74) is 0.904. The van der Waals surface area contributed by atoms with Crippen LogP contribution in [0, 0.1) is 0 Å². The summed E-state index contributed by atoms with van der Waals surface area (Å²) in [4.78, 5) is 4.13. The number of benzene rings is 1. The molecule has 0 aliphatic rings. The highest BCUT2D eigenvalue weighted by Gasteiger charge is 2.07. The molecule has 1 heterocycles. The van der Waals surface area contributed by atoms with Gasteiger partial charge in [-0.15, -0.1) is 11.6 Å². The van der Waals surface area contributed by atoms with Crippen molar-refractivity contribution in [2.45, 2.75) is 6.42 Å². The molecule has 0 radical (unpaired) electrons. The first-order valence-corrected chi connectivity index (χ1v) is 6.37. The average Bonchev–Trinajstić information content (AvgIpc) is 2.71. The third-order valence-corrected chi connectivity index (χ3v) is 3.49. The number of alkyl halides is 1. The van der Waals surface area contributed by atoms with Crippen molar-refractivity contribution in [3.8, 4) is 11.3 Å². The maximum Gasteiger partial charge on any atom is 0.196 e. The molecule has 0 saturated carbocycles. The molecular formula is C11H8BrCl2NO. The number of rotatable bonds is 3. The number of nitrogens with zero attached hydrogens (tertiary/aromatic N) is 1. The van der Waals surface area contributed by atoms with Gasteiger partial charge in [-0.2, -0.15) is 0 Å². The van der Waals surface area contributed by atoms with Crippen LogP contribution in [-0.4, -0.2) is 10.9 Å². The van der Waals surface area contributed by atoms with E-state index in [1.165, 1.54) is 0 Å². The van der Waals surface area contributed by atoms with E-state index in [-0.39, 0.29) is 0 Å². The third kappa shape index (κ3) is 2.59. The number of halogens is 3. The minimum absolute atomic E-state index is 0.501. The highest BCUT2D eigenvalue weighted by atomic mass is 79.9. The van der Waals surface area contributed by atoms with Gasteiger partial charge in [0.15, 0.2) is 11.7 Å². The van der Waals surface area contributed by atoms with Crippen LogP contribution in [-0.2, 0) is 6.42 Å². The SMILES string of the molecule is ClCCc1ncc(-c2ccc(Br)c(Cl)c2)o1. The van der Waals surface area contributed by atoms with Crippen molar-refractivity contribution in [1.29, 1.82) is 0 Å². The Morgan fingerprint density at radius 3 is 2.88 bits per heavy atom. The quantitative estimate of drug-likeness (QED) is 0.776. The summed E-state index contributed by atoms with van der Waals surface area (Å²) in [6.45, 7) is 0. The van der Waals surface area contributed by atoms with Gasteiger partial charge < -0.3 is 4.42 Å². The Labute approximate surface area is 112 Å². The van der Waals surface area contributed by atoms with Gasteiger partial charge in [0.1, 0.15) is 0 Å². The third-order valence-electron chi connectivity index (χ3n) is 2.07. The molecule has 0 unspecified atom stereocenters. The number of hydrogen-bond donors (Lipinski definition) is 0. The fourth-order valence-corrected chi connectivity index (χ4v) is 1.88. The van der Waals surface area contributed by atoms with Gasteiger partial charge in [-0.3, -0.25) is 0 Å². The lowest BCUT2D eigenvalue weighted by Gasteiger charge is -1.99. The fourth-order valence-electron chi connectivity index (χ4n) is 1.29. The van der Waals surface area contributed by atoms with E-state index >= 15 is 0 Å². The number of oxazole rings is 1. The topological polar surface area (TPSA) is 26.0 Å². The van der Waals surface area contributed by atoms with E-state index in [0.717, 1.165) is 10.0 Å². The molecule has 2 aromatic rings. The maximum absolute atomic E-state index is 6.00. The molecule has 0 aliphatic carbocycles. The molecule has 0 saturated heterocycles. The van der Waals surface area contributed by atoms with E-state index < -0.39 is 0 Å². The zero-order valence-corrected chi connectivity index (χ0v) is 11.3. The first kappa shape index (κ1) is 12.0. The van der Waals surface area contributed by atoms with Crippen molar-refractivity contribution in [2.75, 3.05) is 5.88 Å². The van der Waals surface area contributed by atoms with Crippen LogP contribution in [0.15, 0.2) is 33.3 Å². The van der Waals surface area contributed by atoms with Gasteiger partial charge in [0.2, 0.25) is 0 Å². The molecule has 5 heteroatoms. The monoisotopic (exact) mass is 319 g/mol. The molecule has 0 aliphatic heterocycles. The fraction of sp³-hybridized carbons (Fsp3) is 0.182. The predicted molar refractivity (Wildman–Crippen MR) is 69.1 cm³/mol. The second-order valence-corrected chi connectivity index (χ2v) is 4.83. The maximum atomic E-state index is 6.00. The number of hydrogen-bond acceptors (Lipinski definition) is 2. The molecule has 0 N–H and O–H groups in total. The second-order valence-electron chi connectivity index (χ2n) is 3.19. The Bertz CT molecular complexity index is 498. The lowest BCUT2D eigenvalue weighted by molar-refractivity contribution is 0.515. The normalized spacial score (nSPS) is 10.7. The zero-order valence-electron chi connectivity index (χ0n) is 8.21. The molecule has 0 spiro atoms. The highest BCUT2D eigenvalue weighted by Crippen LogP contribution is 2.29. The first-order chi connectivity index (χ1) is 7.70. The largest absolute Gasteiger partial charge is 0.441 e. The summed E-state index contributed by atoms with van der Waals surface area (Å²) < 4.78 is 6.40. The standard InChI is InChI=1S/C11H8BrCl2NO/c12-8-2-1-7(5-9(8)14)10-6-15-11(16-10)3-4-13/h1-2,5-6H,3-4H2. The number of aromatic nitrogens is 1. The molecule has 84 valence electrons. The van der Waals surface area contributed by atoms with E-state index in [4.69, 9.17) is 27.6 Å². The van der Waals surface area contributed by atoms with Gasteiger partial charge in [0.25, 0.3) is 0 Å². The molecule has 1 aromatic heterocycles. The molecule has 0 amide bonds. The van der Waals surface area contributed by atoms with Gasteiger partial charge >= 0.3 is 0 Å². The van der Waals surface area contributed by atoms with Crippen molar-refractivity contribution < 1.29 is 4.42 Å². The van der Waals surface area contributed by atoms with Crippen LogP contribution in [0.3, 0.4) is 0 Å². The molecule has 0 bridgehead atoms. The smallest absolute Gasteiger partial charge is 0.196 e. The van der Waals surface area contributed by atoms with Crippen LogP contribution in [0.2, 0.25) is 5.02 Å². The Morgan fingerprint density at radius 2 is 2.19 bits per heavy atom. The molecule has 0 atom stereocenters. The van der Waals surface area contributed by atoms with E-state index in [2.05, 4.69) is 20.9 Å². The Morgan fingerprint density at radius 1 is 1.38 bits per heavy atom. The molecular weight excluding hydrogens is 313 g/mol. The van der Waals surface area contributed by atoms with Crippen LogP contribution in [0.5, 0.6) is 0 Å². The summed E-state index contributed by atoms with van der Waals surface area (Å²) in [5, 5.41) is 0.646. The average molecular weight is 321 g/mol. The second kappa shape index (κ2) is 5.21. The van der Waals surface area contributed by atoms with Crippen molar-refractivity contribution in [2.24, 2.45) is 0 Å². The molecule has 1 aromatic carbocycles. The summed E-state index contributed by atoms with van der Waals surface area (Å²) in [6.07, 6.45) is 2.31. The Kier molecular flexibility index (Phi) is 3.90. The van der Waals surface area contributed by atoms with E-state index in [1.807, 2.05) is 18.2 Å². The van der Waals surface area contributed by atoms with E-state index in [9.17, 15) is 0 Å². The van der Waals surface area contributed by atoms with Gasteiger partial charge in [-0.05, 0) is 34.1 Å². The summed E-state index contributed by atoms with van der Waals surface area (Å²) >= 11 is 14.9. The van der Waals surface area contributed by atoms with Crippen molar-refractivity contribution in [1.82, 2.24) is 4.98 Å². The van der Waals surface area contributed by atoms with Gasteiger partial charge in [-0.1, -0.05) is 11.6 Å². The van der Waals surface area contributed by atoms with Crippen LogP contribution < -0.4 is 0 Å². The van der Waals surface area contributed by atoms with Crippen molar-refractivity contribution >= 4 is 39.1 Å². The molecule has 2 rings (SSSR count). The summed E-state index contributed by atoms with van der Waals surface area (Å²) in [6, 6.07) is 5.62. The lowest BCUT2D eigenvalue weighted by Crippen LogP contribution is -1.83. The van der Waals surface area contributed by atoms with Gasteiger partial charge in [0.05, 0.1) is 11.2 Å². The minimum atomic E-state index is 0.501. The van der Waals surface area contributed by atoms with Crippen LogP contribution in [0.4, 0.5) is 0 Å². The summed E-state index contributed by atoms with van der Waals surface area (Å²) in [7, 11) is 0. The molecule has 2 nitrogen and oxygen atoms in total. The minimum Gasteiger partial charge on any atom is -0.441 e. The first-order valence-electron chi connectivity index (χ1n) is 4.67. The van der Waals surface area contributed by atoms with Gasteiger partial charge in [0, 0.05) is 22.3 Å². The highest BCUT2D eigenvalue weighted by molar-refractivity contribution is 9.10. The predicted octanol–water partition coefficient (Wildman–Crippen LogP) is 4.54. The Hall–Kier alpha value is -0.510.